The maximum Gasteiger partial charge on any atom is 0.269 e. The summed E-state index contributed by atoms with van der Waals surface area (Å²) in [6.45, 7) is 1.64. The third-order valence-electron chi connectivity index (χ3n) is 3.26. The fourth-order valence-electron chi connectivity index (χ4n) is 2.12. The summed E-state index contributed by atoms with van der Waals surface area (Å²) < 4.78 is 1.43. The first-order valence-electron chi connectivity index (χ1n) is 6.93. The van der Waals surface area contributed by atoms with E-state index in [2.05, 4.69) is 20.4 Å². The second kappa shape index (κ2) is 6.24. The molecule has 0 unspecified atom stereocenters. The van der Waals surface area contributed by atoms with Crippen molar-refractivity contribution in [1.82, 2.24) is 19.7 Å². The average molecular weight is 324 g/mol. The van der Waals surface area contributed by atoms with Gasteiger partial charge in [-0.3, -0.25) is 14.9 Å². The lowest BCUT2D eigenvalue weighted by molar-refractivity contribution is -0.384. The summed E-state index contributed by atoms with van der Waals surface area (Å²) in [5, 5.41) is 17.5. The quantitative estimate of drug-likeness (QED) is 0.580. The highest BCUT2D eigenvalue weighted by Crippen LogP contribution is 2.18. The van der Waals surface area contributed by atoms with Gasteiger partial charge < -0.3 is 5.32 Å². The molecule has 120 valence electrons. The van der Waals surface area contributed by atoms with Crippen molar-refractivity contribution in [2.75, 3.05) is 5.32 Å². The van der Waals surface area contributed by atoms with E-state index in [1.54, 1.807) is 31.6 Å². The van der Waals surface area contributed by atoms with Gasteiger partial charge in [-0.15, -0.1) is 0 Å². The number of hydrogen-bond acceptors (Lipinski definition) is 6. The van der Waals surface area contributed by atoms with Crippen molar-refractivity contribution in [2.45, 2.75) is 6.92 Å². The highest BCUT2D eigenvalue weighted by Gasteiger charge is 2.14. The Labute approximate surface area is 136 Å². The van der Waals surface area contributed by atoms with Crippen LogP contribution in [-0.4, -0.2) is 30.6 Å². The number of amides is 1. The minimum Gasteiger partial charge on any atom is -0.319 e. The largest absolute Gasteiger partial charge is 0.319 e. The fourth-order valence-corrected chi connectivity index (χ4v) is 2.12. The molecular formula is C15H12N6O3. The molecule has 0 fully saturated rings. The van der Waals surface area contributed by atoms with Crippen molar-refractivity contribution in [3.8, 4) is 5.95 Å². The number of hydrogen-bond donors (Lipinski definition) is 1. The van der Waals surface area contributed by atoms with E-state index < -0.39 is 4.92 Å². The van der Waals surface area contributed by atoms with Gasteiger partial charge in [-0.25, -0.2) is 14.6 Å². The lowest BCUT2D eigenvalue weighted by Gasteiger charge is -2.05. The number of non-ortho nitro benzene ring substituents is 1. The smallest absolute Gasteiger partial charge is 0.269 e. The molecule has 1 N–H and O–H groups in total. The summed E-state index contributed by atoms with van der Waals surface area (Å²) in [7, 11) is 0. The third-order valence-corrected chi connectivity index (χ3v) is 3.26. The van der Waals surface area contributed by atoms with Crippen molar-refractivity contribution in [2.24, 2.45) is 0 Å². The Morgan fingerprint density at radius 1 is 1.29 bits per heavy atom. The molecule has 2 heterocycles. The zero-order valence-electron chi connectivity index (χ0n) is 12.6. The number of aryl methyl sites for hydroxylation is 1. The van der Waals surface area contributed by atoms with Crippen molar-refractivity contribution in [1.29, 1.82) is 0 Å². The van der Waals surface area contributed by atoms with Crippen molar-refractivity contribution >= 4 is 17.3 Å². The van der Waals surface area contributed by atoms with Gasteiger partial charge in [0, 0.05) is 30.1 Å². The zero-order chi connectivity index (χ0) is 17.1. The van der Waals surface area contributed by atoms with Crippen LogP contribution >= 0.6 is 0 Å². The Morgan fingerprint density at radius 2 is 2.04 bits per heavy atom. The van der Waals surface area contributed by atoms with Crippen molar-refractivity contribution in [3.05, 3.63) is 70.3 Å². The molecule has 3 rings (SSSR count). The van der Waals surface area contributed by atoms with Crippen LogP contribution in [0.3, 0.4) is 0 Å². The number of carbonyl (C=O) groups excluding carboxylic acids is 1. The highest BCUT2D eigenvalue weighted by atomic mass is 16.6. The lowest BCUT2D eigenvalue weighted by atomic mass is 10.1. The van der Waals surface area contributed by atoms with E-state index in [9.17, 15) is 14.9 Å². The van der Waals surface area contributed by atoms with Crippen molar-refractivity contribution in [3.63, 3.8) is 0 Å². The average Bonchev–Trinajstić information content (AvgIpc) is 3.03. The maximum atomic E-state index is 12.3. The minimum atomic E-state index is -0.501. The van der Waals surface area contributed by atoms with E-state index >= 15 is 0 Å². The number of anilines is 1. The molecule has 9 heteroatoms. The molecule has 1 amide bonds. The molecule has 0 radical (unpaired) electrons. The predicted octanol–water partition coefficient (Wildman–Crippen LogP) is 2.13. The van der Waals surface area contributed by atoms with Crippen LogP contribution in [0.1, 0.15) is 15.9 Å². The summed E-state index contributed by atoms with van der Waals surface area (Å²) in [4.78, 5) is 30.7. The molecule has 0 spiro atoms. The zero-order valence-corrected chi connectivity index (χ0v) is 12.6. The molecule has 1 aromatic carbocycles. The molecule has 0 aliphatic carbocycles. The van der Waals surface area contributed by atoms with E-state index in [-0.39, 0.29) is 11.6 Å². The minimum absolute atomic E-state index is 0.0573. The van der Waals surface area contributed by atoms with Crippen LogP contribution in [0.25, 0.3) is 5.95 Å². The Bertz CT molecular complexity index is 907. The molecule has 0 aliphatic rings. The second-order valence-electron chi connectivity index (χ2n) is 4.93. The topological polar surface area (TPSA) is 116 Å². The molecule has 0 saturated carbocycles. The van der Waals surface area contributed by atoms with Gasteiger partial charge in [-0.1, -0.05) is 0 Å². The normalized spacial score (nSPS) is 10.4. The van der Waals surface area contributed by atoms with Crippen LogP contribution < -0.4 is 5.32 Å². The summed E-state index contributed by atoms with van der Waals surface area (Å²) in [6.07, 6.45) is 6.22. The molecular weight excluding hydrogens is 312 g/mol. The molecule has 0 aliphatic heterocycles. The number of nitrogens with one attached hydrogen (secondary N) is 1. The van der Waals surface area contributed by atoms with E-state index in [0.29, 0.717) is 22.8 Å². The Hall–Kier alpha value is -3.62. The monoisotopic (exact) mass is 324 g/mol. The maximum absolute atomic E-state index is 12.3. The van der Waals surface area contributed by atoms with Crippen molar-refractivity contribution < 1.29 is 9.72 Å². The molecule has 9 nitrogen and oxygen atoms in total. The number of nitro groups is 1. The van der Waals surface area contributed by atoms with E-state index in [1.165, 1.54) is 29.1 Å². The Kier molecular flexibility index (Phi) is 3.98. The lowest BCUT2D eigenvalue weighted by Crippen LogP contribution is -2.13. The summed E-state index contributed by atoms with van der Waals surface area (Å²) in [5.74, 6) is 0.000411. The van der Waals surface area contributed by atoms with Crippen LogP contribution in [0.2, 0.25) is 0 Å². The first-order chi connectivity index (χ1) is 11.5. The number of aromatic nitrogens is 4. The third kappa shape index (κ3) is 3.09. The molecule has 2 aromatic heterocycles. The number of rotatable bonds is 4. The fraction of sp³-hybridized carbons (Fsp3) is 0.0667. The summed E-state index contributed by atoms with van der Waals surface area (Å²) in [5.41, 5.74) is 1.27. The van der Waals surface area contributed by atoms with Gasteiger partial charge in [0.2, 0.25) is 5.95 Å². The van der Waals surface area contributed by atoms with E-state index in [0.717, 1.165) is 0 Å². The number of nitro benzene ring substituents is 1. The van der Waals surface area contributed by atoms with Gasteiger partial charge >= 0.3 is 0 Å². The number of carbonyl (C=O) groups is 1. The van der Waals surface area contributed by atoms with E-state index in [1.807, 2.05) is 0 Å². The molecule has 3 aromatic rings. The summed E-state index contributed by atoms with van der Waals surface area (Å²) in [6, 6.07) is 5.76. The molecule has 0 bridgehead atoms. The highest BCUT2D eigenvalue weighted by molar-refractivity contribution is 6.05. The number of benzene rings is 1. The predicted molar refractivity (Wildman–Crippen MR) is 84.9 cm³/mol. The number of nitrogens with zero attached hydrogens (tertiary/aromatic N) is 5. The SMILES string of the molecule is Cc1cc([N+](=O)[O-])ccc1C(=O)Nc1cnn(-c2ncccn2)c1. The van der Waals surface area contributed by atoms with Gasteiger partial charge in [0.05, 0.1) is 23.0 Å². The van der Waals surface area contributed by atoms with Gasteiger partial charge in [-0.05, 0) is 24.6 Å². The Balaban J connectivity index is 1.78. The second-order valence-corrected chi connectivity index (χ2v) is 4.93. The van der Waals surface area contributed by atoms with E-state index in [4.69, 9.17) is 0 Å². The first kappa shape index (κ1) is 15.3. The molecule has 0 atom stereocenters. The van der Waals surface area contributed by atoms with Crippen LogP contribution in [0.5, 0.6) is 0 Å². The van der Waals surface area contributed by atoms with Gasteiger partial charge in [0.1, 0.15) is 0 Å². The van der Waals surface area contributed by atoms with Gasteiger partial charge in [0.15, 0.2) is 0 Å². The first-order valence-corrected chi connectivity index (χ1v) is 6.93. The summed E-state index contributed by atoms with van der Waals surface area (Å²) >= 11 is 0. The van der Waals surface area contributed by atoms with Gasteiger partial charge in [0.25, 0.3) is 11.6 Å². The Morgan fingerprint density at radius 3 is 2.71 bits per heavy atom. The van der Waals surface area contributed by atoms with Crippen LogP contribution in [0.4, 0.5) is 11.4 Å². The molecule has 0 saturated heterocycles. The molecule has 24 heavy (non-hydrogen) atoms. The van der Waals surface area contributed by atoms with Crippen LogP contribution in [0.15, 0.2) is 49.1 Å². The van der Waals surface area contributed by atoms with Gasteiger partial charge in [-0.2, -0.15) is 5.10 Å². The van der Waals surface area contributed by atoms with Crippen LogP contribution in [0, 0.1) is 17.0 Å². The van der Waals surface area contributed by atoms with Crippen LogP contribution in [-0.2, 0) is 0 Å². The standard InChI is InChI=1S/C15H12N6O3/c1-10-7-12(21(23)24)3-4-13(10)14(22)19-11-8-18-20(9-11)15-16-5-2-6-17-15/h2-9H,1H3,(H,19,22).